The van der Waals surface area contributed by atoms with E-state index in [9.17, 15) is 9.90 Å². The van der Waals surface area contributed by atoms with Crippen LogP contribution in [0.15, 0.2) is 0 Å². The second-order valence-electron chi connectivity index (χ2n) is 5.08. The Hall–Kier alpha value is -0.610. The summed E-state index contributed by atoms with van der Waals surface area (Å²) < 4.78 is 0. The number of hydrogen-bond acceptors (Lipinski definition) is 3. The molecule has 1 saturated heterocycles. The summed E-state index contributed by atoms with van der Waals surface area (Å²) >= 11 is 0. The number of aliphatic hydroxyl groups is 1. The van der Waals surface area contributed by atoms with Crippen LogP contribution in [-0.4, -0.2) is 41.7 Å². The molecule has 1 aliphatic rings. The van der Waals surface area contributed by atoms with E-state index in [4.69, 9.17) is 5.73 Å². The average molecular weight is 242 g/mol. The van der Waals surface area contributed by atoms with Crippen molar-refractivity contribution in [3.05, 3.63) is 0 Å². The average Bonchev–Trinajstić information content (AvgIpc) is 2.78. The quantitative estimate of drug-likeness (QED) is 0.658. The first-order valence-electron chi connectivity index (χ1n) is 6.81. The number of amides is 1. The van der Waals surface area contributed by atoms with Gasteiger partial charge in [-0.15, -0.1) is 0 Å². The number of carbonyl (C=O) groups is 1. The van der Waals surface area contributed by atoms with E-state index in [1.807, 2.05) is 11.8 Å². The van der Waals surface area contributed by atoms with Crippen LogP contribution in [0.4, 0.5) is 0 Å². The predicted molar refractivity (Wildman–Crippen MR) is 68.5 cm³/mol. The standard InChI is InChI=1S/C13H26N2O2/c1-11(16)12-7-9-15(10-12)13(17)6-4-2-3-5-8-14/h11-12,16H,2-10,14H2,1H3. The Morgan fingerprint density at radius 2 is 2.12 bits per heavy atom. The van der Waals surface area contributed by atoms with Crippen LogP contribution in [-0.2, 0) is 4.79 Å². The molecule has 0 spiro atoms. The third-order valence-corrected chi connectivity index (χ3v) is 3.60. The first-order chi connectivity index (χ1) is 8.15. The van der Waals surface area contributed by atoms with Gasteiger partial charge in [0.15, 0.2) is 0 Å². The largest absolute Gasteiger partial charge is 0.393 e. The maximum atomic E-state index is 11.9. The molecule has 2 unspecified atom stereocenters. The van der Waals surface area contributed by atoms with Crippen molar-refractivity contribution < 1.29 is 9.90 Å². The van der Waals surface area contributed by atoms with Crippen LogP contribution >= 0.6 is 0 Å². The first-order valence-corrected chi connectivity index (χ1v) is 6.81. The molecule has 2 atom stereocenters. The number of likely N-dealkylation sites (tertiary alicyclic amines) is 1. The Morgan fingerprint density at radius 3 is 2.71 bits per heavy atom. The monoisotopic (exact) mass is 242 g/mol. The lowest BCUT2D eigenvalue weighted by Gasteiger charge is -2.17. The van der Waals surface area contributed by atoms with Crippen LogP contribution in [0.1, 0.15) is 45.4 Å². The maximum Gasteiger partial charge on any atom is 0.222 e. The molecule has 17 heavy (non-hydrogen) atoms. The van der Waals surface area contributed by atoms with Gasteiger partial charge in [-0.2, -0.15) is 0 Å². The van der Waals surface area contributed by atoms with Gasteiger partial charge in [0.25, 0.3) is 0 Å². The second-order valence-corrected chi connectivity index (χ2v) is 5.08. The molecule has 1 amide bonds. The minimum absolute atomic E-state index is 0.251. The van der Waals surface area contributed by atoms with Crippen LogP contribution < -0.4 is 5.73 Å². The number of nitrogens with two attached hydrogens (primary N) is 1. The fourth-order valence-corrected chi connectivity index (χ4v) is 2.34. The van der Waals surface area contributed by atoms with Crippen LogP contribution in [0.25, 0.3) is 0 Å². The number of aliphatic hydroxyl groups excluding tert-OH is 1. The van der Waals surface area contributed by atoms with E-state index in [-0.39, 0.29) is 17.9 Å². The number of nitrogens with zero attached hydrogens (tertiary/aromatic N) is 1. The van der Waals surface area contributed by atoms with Crippen molar-refractivity contribution in [1.82, 2.24) is 4.90 Å². The molecule has 100 valence electrons. The predicted octanol–water partition coefficient (Wildman–Crippen LogP) is 1.12. The molecule has 3 N–H and O–H groups in total. The Kier molecular flexibility index (Phi) is 6.52. The van der Waals surface area contributed by atoms with Gasteiger partial charge in [-0.3, -0.25) is 4.79 Å². The van der Waals surface area contributed by atoms with Gasteiger partial charge < -0.3 is 15.7 Å². The topological polar surface area (TPSA) is 66.6 Å². The van der Waals surface area contributed by atoms with Crippen molar-refractivity contribution in [1.29, 1.82) is 0 Å². The van der Waals surface area contributed by atoms with Crippen molar-refractivity contribution >= 4 is 5.91 Å². The zero-order chi connectivity index (χ0) is 12.7. The highest BCUT2D eigenvalue weighted by molar-refractivity contribution is 5.76. The van der Waals surface area contributed by atoms with Crippen molar-refractivity contribution in [3.63, 3.8) is 0 Å². The van der Waals surface area contributed by atoms with Gasteiger partial charge >= 0.3 is 0 Å². The molecule has 0 aromatic heterocycles. The molecule has 0 radical (unpaired) electrons. The summed E-state index contributed by atoms with van der Waals surface area (Å²) in [6.07, 6.45) is 5.54. The molecule has 0 bridgehead atoms. The molecule has 0 aliphatic carbocycles. The Morgan fingerprint density at radius 1 is 1.41 bits per heavy atom. The van der Waals surface area contributed by atoms with Crippen LogP contribution in [0.5, 0.6) is 0 Å². The van der Waals surface area contributed by atoms with Crippen LogP contribution in [0, 0.1) is 5.92 Å². The van der Waals surface area contributed by atoms with Crippen molar-refractivity contribution in [2.24, 2.45) is 11.7 Å². The smallest absolute Gasteiger partial charge is 0.222 e. The molecule has 4 nitrogen and oxygen atoms in total. The van der Waals surface area contributed by atoms with Crippen LogP contribution in [0.3, 0.4) is 0 Å². The SMILES string of the molecule is CC(O)C1CCN(C(=O)CCCCCCN)C1. The minimum Gasteiger partial charge on any atom is -0.393 e. The molecule has 1 rings (SSSR count). The lowest BCUT2D eigenvalue weighted by molar-refractivity contribution is -0.130. The molecule has 0 aromatic carbocycles. The third-order valence-electron chi connectivity index (χ3n) is 3.60. The number of unbranched alkanes of at least 4 members (excludes halogenated alkanes) is 3. The molecule has 1 heterocycles. The van der Waals surface area contributed by atoms with E-state index < -0.39 is 0 Å². The van der Waals surface area contributed by atoms with Crippen molar-refractivity contribution in [3.8, 4) is 0 Å². The Balaban J connectivity index is 2.12. The highest BCUT2D eigenvalue weighted by atomic mass is 16.3. The Labute approximate surface area is 104 Å². The fourth-order valence-electron chi connectivity index (χ4n) is 2.34. The van der Waals surface area contributed by atoms with Gasteiger partial charge in [-0.05, 0) is 32.7 Å². The van der Waals surface area contributed by atoms with E-state index in [0.717, 1.165) is 51.7 Å². The van der Waals surface area contributed by atoms with E-state index in [2.05, 4.69) is 0 Å². The summed E-state index contributed by atoms with van der Waals surface area (Å²) in [5.41, 5.74) is 5.41. The molecule has 1 aliphatic heterocycles. The van der Waals surface area contributed by atoms with Gasteiger partial charge in [0, 0.05) is 25.4 Å². The summed E-state index contributed by atoms with van der Waals surface area (Å²) in [7, 11) is 0. The summed E-state index contributed by atoms with van der Waals surface area (Å²) in [5, 5.41) is 9.48. The van der Waals surface area contributed by atoms with E-state index in [0.29, 0.717) is 6.42 Å². The number of carbonyl (C=O) groups excluding carboxylic acids is 1. The lowest BCUT2D eigenvalue weighted by atomic mass is 10.0. The number of hydrogen-bond donors (Lipinski definition) is 2. The summed E-state index contributed by atoms with van der Waals surface area (Å²) in [6.45, 7) is 4.11. The van der Waals surface area contributed by atoms with Gasteiger partial charge in [-0.25, -0.2) is 0 Å². The lowest BCUT2D eigenvalue weighted by Crippen LogP contribution is -2.30. The fraction of sp³-hybridized carbons (Fsp3) is 0.923. The number of rotatable bonds is 7. The van der Waals surface area contributed by atoms with E-state index in [1.54, 1.807) is 0 Å². The molecule has 1 fully saturated rings. The Bertz CT molecular complexity index is 231. The molecule has 0 aromatic rings. The van der Waals surface area contributed by atoms with Gasteiger partial charge in [0.05, 0.1) is 6.10 Å². The highest BCUT2D eigenvalue weighted by Gasteiger charge is 2.28. The van der Waals surface area contributed by atoms with E-state index >= 15 is 0 Å². The third kappa shape index (κ3) is 5.04. The van der Waals surface area contributed by atoms with Crippen LogP contribution in [0.2, 0.25) is 0 Å². The molecule has 4 heteroatoms. The van der Waals surface area contributed by atoms with Gasteiger partial charge in [-0.1, -0.05) is 12.8 Å². The van der Waals surface area contributed by atoms with Gasteiger partial charge in [0.1, 0.15) is 0 Å². The zero-order valence-electron chi connectivity index (χ0n) is 10.9. The highest BCUT2D eigenvalue weighted by Crippen LogP contribution is 2.20. The van der Waals surface area contributed by atoms with E-state index in [1.165, 1.54) is 0 Å². The first kappa shape index (κ1) is 14.5. The van der Waals surface area contributed by atoms with Crippen molar-refractivity contribution in [2.45, 2.75) is 51.6 Å². The summed E-state index contributed by atoms with van der Waals surface area (Å²) in [6, 6.07) is 0. The minimum atomic E-state index is -0.294. The molecule has 0 saturated carbocycles. The maximum absolute atomic E-state index is 11.9. The molecular formula is C13H26N2O2. The summed E-state index contributed by atoms with van der Waals surface area (Å²) in [4.78, 5) is 13.8. The molecular weight excluding hydrogens is 216 g/mol. The van der Waals surface area contributed by atoms with Gasteiger partial charge in [0.2, 0.25) is 5.91 Å². The van der Waals surface area contributed by atoms with Crippen molar-refractivity contribution in [2.75, 3.05) is 19.6 Å². The zero-order valence-corrected chi connectivity index (χ0v) is 10.9. The second kappa shape index (κ2) is 7.67. The normalized spacial score (nSPS) is 21.8. The summed E-state index contributed by atoms with van der Waals surface area (Å²) in [5.74, 6) is 0.525.